The van der Waals surface area contributed by atoms with Gasteiger partial charge in [-0.05, 0) is 37.4 Å². The molecule has 1 heterocycles. The molecule has 1 aliphatic rings. The highest BCUT2D eigenvalue weighted by Gasteiger charge is 2.25. The first-order valence-corrected chi connectivity index (χ1v) is 5.81. The second-order valence-electron chi connectivity index (χ2n) is 4.27. The Labute approximate surface area is 95.8 Å². The van der Waals surface area contributed by atoms with Crippen molar-refractivity contribution in [2.24, 2.45) is 0 Å². The summed E-state index contributed by atoms with van der Waals surface area (Å²) in [7, 11) is 1.73. The van der Waals surface area contributed by atoms with Gasteiger partial charge in [0.1, 0.15) is 5.82 Å². The van der Waals surface area contributed by atoms with Crippen LogP contribution in [0.4, 0.5) is 4.39 Å². The number of ether oxygens (including phenoxy) is 1. The van der Waals surface area contributed by atoms with Crippen LogP contribution >= 0.6 is 0 Å². The van der Waals surface area contributed by atoms with E-state index in [0.29, 0.717) is 6.42 Å². The molecule has 0 saturated carbocycles. The van der Waals surface area contributed by atoms with Gasteiger partial charge in [0, 0.05) is 13.2 Å². The Bertz CT molecular complexity index is 342. The summed E-state index contributed by atoms with van der Waals surface area (Å²) in [5.41, 5.74) is 0.768. The summed E-state index contributed by atoms with van der Waals surface area (Å²) in [6, 6.07) is 7.19. The van der Waals surface area contributed by atoms with Crippen molar-refractivity contribution in [1.29, 1.82) is 0 Å². The zero-order valence-electron chi connectivity index (χ0n) is 9.58. The van der Waals surface area contributed by atoms with Gasteiger partial charge < -0.3 is 10.1 Å². The van der Waals surface area contributed by atoms with Crippen LogP contribution in [0, 0.1) is 5.82 Å². The number of benzene rings is 1. The molecular weight excluding hydrogens is 205 g/mol. The molecule has 0 aromatic heterocycles. The Morgan fingerprint density at radius 1 is 1.44 bits per heavy atom. The summed E-state index contributed by atoms with van der Waals surface area (Å²) in [6.07, 6.45) is 3.09. The second-order valence-corrected chi connectivity index (χ2v) is 4.27. The molecule has 2 rings (SSSR count). The second kappa shape index (κ2) is 5.41. The first-order chi connectivity index (χ1) is 7.81. The average Bonchev–Trinajstić information content (AvgIpc) is 2.33. The number of rotatable bonds is 3. The van der Waals surface area contributed by atoms with E-state index in [1.165, 1.54) is 6.07 Å². The van der Waals surface area contributed by atoms with Gasteiger partial charge in [0.25, 0.3) is 0 Å². The predicted molar refractivity (Wildman–Crippen MR) is 61.9 cm³/mol. The molecule has 0 aliphatic carbocycles. The van der Waals surface area contributed by atoms with E-state index in [4.69, 9.17) is 4.74 Å². The van der Waals surface area contributed by atoms with Crippen LogP contribution in [0.15, 0.2) is 24.3 Å². The van der Waals surface area contributed by atoms with Crippen molar-refractivity contribution in [2.45, 2.75) is 31.4 Å². The maximum atomic E-state index is 13.5. The van der Waals surface area contributed by atoms with Crippen molar-refractivity contribution in [3.63, 3.8) is 0 Å². The molecule has 3 heteroatoms. The molecule has 0 amide bonds. The number of halogens is 1. The van der Waals surface area contributed by atoms with Gasteiger partial charge in [0.15, 0.2) is 0 Å². The molecule has 0 radical (unpaired) electrons. The van der Waals surface area contributed by atoms with Crippen molar-refractivity contribution < 1.29 is 9.13 Å². The fourth-order valence-electron chi connectivity index (χ4n) is 2.31. The molecule has 1 N–H and O–H groups in total. The molecule has 1 aromatic rings. The molecule has 1 aromatic carbocycles. The Morgan fingerprint density at radius 3 is 3.00 bits per heavy atom. The van der Waals surface area contributed by atoms with Gasteiger partial charge in [-0.1, -0.05) is 18.2 Å². The molecule has 88 valence electrons. The molecule has 1 fully saturated rings. The third-order valence-electron chi connectivity index (χ3n) is 3.22. The van der Waals surface area contributed by atoms with Crippen LogP contribution in [0.3, 0.4) is 0 Å². The van der Waals surface area contributed by atoms with E-state index < -0.39 is 0 Å². The molecular formula is C13H18FNO. The van der Waals surface area contributed by atoms with Crippen LogP contribution in [0.5, 0.6) is 0 Å². The minimum atomic E-state index is -0.121. The lowest BCUT2D eigenvalue weighted by Crippen LogP contribution is -2.47. The lowest BCUT2D eigenvalue weighted by molar-refractivity contribution is 0.0454. The molecule has 1 aliphatic heterocycles. The van der Waals surface area contributed by atoms with E-state index in [-0.39, 0.29) is 18.0 Å². The van der Waals surface area contributed by atoms with Crippen LogP contribution in [-0.2, 0) is 11.2 Å². The van der Waals surface area contributed by atoms with Crippen LogP contribution in [-0.4, -0.2) is 25.8 Å². The van der Waals surface area contributed by atoms with Crippen molar-refractivity contribution >= 4 is 0 Å². The first-order valence-electron chi connectivity index (χ1n) is 5.81. The zero-order valence-corrected chi connectivity index (χ0v) is 9.58. The highest BCUT2D eigenvalue weighted by atomic mass is 19.1. The van der Waals surface area contributed by atoms with E-state index in [9.17, 15) is 4.39 Å². The normalized spacial score (nSPS) is 25.6. The molecule has 0 bridgehead atoms. The summed E-state index contributed by atoms with van der Waals surface area (Å²) in [4.78, 5) is 0. The van der Waals surface area contributed by atoms with Crippen LogP contribution in [0.2, 0.25) is 0 Å². The summed E-state index contributed by atoms with van der Waals surface area (Å²) in [5, 5.41) is 3.40. The van der Waals surface area contributed by atoms with Gasteiger partial charge in [-0.15, -0.1) is 0 Å². The van der Waals surface area contributed by atoms with Crippen LogP contribution < -0.4 is 5.32 Å². The molecule has 1 saturated heterocycles. The van der Waals surface area contributed by atoms with Crippen molar-refractivity contribution in [3.8, 4) is 0 Å². The maximum absolute atomic E-state index is 13.5. The fraction of sp³-hybridized carbons (Fsp3) is 0.538. The van der Waals surface area contributed by atoms with Crippen LogP contribution in [0.25, 0.3) is 0 Å². The topological polar surface area (TPSA) is 21.3 Å². The number of nitrogens with one attached hydrogen (secondary N) is 1. The van der Waals surface area contributed by atoms with Crippen molar-refractivity contribution in [1.82, 2.24) is 5.32 Å². The number of piperidine rings is 1. The highest BCUT2D eigenvalue weighted by Crippen LogP contribution is 2.17. The van der Waals surface area contributed by atoms with Gasteiger partial charge in [0.2, 0.25) is 0 Å². The van der Waals surface area contributed by atoms with Gasteiger partial charge in [0.05, 0.1) is 6.10 Å². The smallest absolute Gasteiger partial charge is 0.126 e. The predicted octanol–water partition coefficient (Wildman–Crippen LogP) is 2.14. The lowest BCUT2D eigenvalue weighted by atomic mass is 9.95. The zero-order chi connectivity index (χ0) is 11.4. The van der Waals surface area contributed by atoms with Gasteiger partial charge in [-0.3, -0.25) is 0 Å². The Hall–Kier alpha value is -0.930. The largest absolute Gasteiger partial charge is 0.380 e. The fourth-order valence-corrected chi connectivity index (χ4v) is 2.31. The van der Waals surface area contributed by atoms with E-state index in [1.807, 2.05) is 12.1 Å². The van der Waals surface area contributed by atoms with E-state index in [2.05, 4.69) is 5.32 Å². The maximum Gasteiger partial charge on any atom is 0.126 e. The van der Waals surface area contributed by atoms with Crippen LogP contribution in [0.1, 0.15) is 18.4 Å². The van der Waals surface area contributed by atoms with Crippen molar-refractivity contribution in [3.05, 3.63) is 35.6 Å². The summed E-state index contributed by atoms with van der Waals surface area (Å²) >= 11 is 0. The number of hydrogen-bond donors (Lipinski definition) is 1. The monoisotopic (exact) mass is 223 g/mol. The quantitative estimate of drug-likeness (QED) is 0.847. The molecule has 0 spiro atoms. The van der Waals surface area contributed by atoms with Gasteiger partial charge in [-0.25, -0.2) is 4.39 Å². The van der Waals surface area contributed by atoms with E-state index in [0.717, 1.165) is 24.9 Å². The number of hydrogen-bond acceptors (Lipinski definition) is 2. The Morgan fingerprint density at radius 2 is 2.25 bits per heavy atom. The highest BCUT2D eigenvalue weighted by molar-refractivity contribution is 5.19. The molecule has 2 atom stereocenters. The van der Waals surface area contributed by atoms with E-state index in [1.54, 1.807) is 13.2 Å². The van der Waals surface area contributed by atoms with Gasteiger partial charge >= 0.3 is 0 Å². The summed E-state index contributed by atoms with van der Waals surface area (Å²) < 4.78 is 18.9. The molecule has 0 unspecified atom stereocenters. The minimum absolute atomic E-state index is 0.121. The summed E-state index contributed by atoms with van der Waals surface area (Å²) in [5.74, 6) is -0.121. The third-order valence-corrected chi connectivity index (χ3v) is 3.22. The Balaban J connectivity index is 2.05. The average molecular weight is 223 g/mol. The minimum Gasteiger partial charge on any atom is -0.380 e. The first kappa shape index (κ1) is 11.6. The lowest BCUT2D eigenvalue weighted by Gasteiger charge is -2.31. The van der Waals surface area contributed by atoms with Gasteiger partial charge in [-0.2, -0.15) is 0 Å². The van der Waals surface area contributed by atoms with Crippen molar-refractivity contribution in [2.75, 3.05) is 13.7 Å². The summed E-state index contributed by atoms with van der Waals surface area (Å²) in [6.45, 7) is 0.999. The standard InChI is InChI=1S/C13H18FNO/c1-16-13-7-4-8-15-12(13)9-10-5-2-3-6-11(10)14/h2-3,5-6,12-13,15H,4,7-9H2,1H3/t12-,13-/m0/s1. The molecule has 16 heavy (non-hydrogen) atoms. The molecule has 2 nitrogen and oxygen atoms in total. The third kappa shape index (κ3) is 2.60. The SMILES string of the molecule is CO[C@H]1CCCN[C@H]1Cc1ccccc1F. The number of methoxy groups -OCH3 is 1. The van der Waals surface area contributed by atoms with E-state index >= 15 is 0 Å². The Kier molecular flexibility index (Phi) is 3.91.